The number of alkyl halides is 1. The third kappa shape index (κ3) is 1.35. The van der Waals surface area contributed by atoms with E-state index in [0.717, 1.165) is 10.9 Å². The van der Waals surface area contributed by atoms with Crippen molar-refractivity contribution in [2.75, 3.05) is 5.73 Å². The van der Waals surface area contributed by atoms with Crippen molar-refractivity contribution in [2.45, 2.75) is 19.5 Å². The molecular weight excluding hydrogens is 179 g/mol. The van der Waals surface area contributed by atoms with Crippen molar-refractivity contribution in [1.82, 2.24) is 4.98 Å². The van der Waals surface area contributed by atoms with Crippen LogP contribution in [-0.2, 0) is 5.67 Å². The van der Waals surface area contributed by atoms with E-state index < -0.39 is 5.67 Å². The van der Waals surface area contributed by atoms with Crippen LogP contribution in [0.15, 0.2) is 24.4 Å². The van der Waals surface area contributed by atoms with E-state index in [1.165, 1.54) is 0 Å². The number of fused-ring (bicyclic) bond motifs is 1. The lowest BCUT2D eigenvalue weighted by molar-refractivity contribution is 0.224. The van der Waals surface area contributed by atoms with Crippen molar-refractivity contribution in [3.8, 4) is 0 Å². The van der Waals surface area contributed by atoms with E-state index in [1.54, 1.807) is 32.2 Å². The van der Waals surface area contributed by atoms with Gasteiger partial charge in [0.1, 0.15) is 5.67 Å². The highest BCUT2D eigenvalue weighted by Crippen LogP contribution is 2.32. The smallest absolute Gasteiger partial charge is 0.132 e. The number of hydrogen-bond acceptors (Lipinski definition) is 1. The number of nitrogen functional groups attached to an aromatic ring is 1. The van der Waals surface area contributed by atoms with Gasteiger partial charge in [0.05, 0.1) is 0 Å². The largest absolute Gasteiger partial charge is 0.399 e. The minimum absolute atomic E-state index is 0.653. The average molecular weight is 192 g/mol. The number of nitrogens with two attached hydrogens (primary N) is 1. The summed E-state index contributed by atoms with van der Waals surface area (Å²) in [5, 5.41) is 0.859. The van der Waals surface area contributed by atoms with Gasteiger partial charge in [-0.2, -0.15) is 0 Å². The molecule has 1 aromatic heterocycles. The molecule has 0 saturated carbocycles. The zero-order chi connectivity index (χ0) is 10.3. The second-order valence-electron chi connectivity index (χ2n) is 3.98. The number of hydrogen-bond donors (Lipinski definition) is 2. The molecule has 1 heterocycles. The van der Waals surface area contributed by atoms with Crippen molar-refractivity contribution in [2.24, 2.45) is 0 Å². The summed E-state index contributed by atoms with van der Waals surface area (Å²) >= 11 is 0. The van der Waals surface area contributed by atoms with E-state index in [1.807, 2.05) is 6.07 Å². The summed E-state index contributed by atoms with van der Waals surface area (Å²) in [6.45, 7) is 3.08. The fourth-order valence-corrected chi connectivity index (χ4v) is 1.63. The zero-order valence-corrected chi connectivity index (χ0v) is 8.26. The van der Waals surface area contributed by atoms with Gasteiger partial charge in [0.25, 0.3) is 0 Å². The van der Waals surface area contributed by atoms with E-state index in [9.17, 15) is 4.39 Å². The van der Waals surface area contributed by atoms with E-state index in [4.69, 9.17) is 5.73 Å². The summed E-state index contributed by atoms with van der Waals surface area (Å²) in [5.74, 6) is 0. The minimum atomic E-state index is -1.34. The van der Waals surface area contributed by atoms with E-state index in [-0.39, 0.29) is 0 Å². The quantitative estimate of drug-likeness (QED) is 0.670. The lowest BCUT2D eigenvalue weighted by Gasteiger charge is -2.12. The molecule has 2 nitrogen and oxygen atoms in total. The Morgan fingerprint density at radius 2 is 2.07 bits per heavy atom. The molecule has 0 spiro atoms. The van der Waals surface area contributed by atoms with Crippen LogP contribution in [0.1, 0.15) is 19.4 Å². The molecule has 3 N–H and O–H groups in total. The summed E-state index contributed by atoms with van der Waals surface area (Å²) in [5.41, 5.74) is 6.54. The summed E-state index contributed by atoms with van der Waals surface area (Å²) in [4.78, 5) is 3.03. The standard InChI is InChI=1S/C11H13FN2/c1-11(2,12)9-6-14-10-4-3-7(13)5-8(9)10/h3-6,14H,13H2,1-2H3. The molecule has 14 heavy (non-hydrogen) atoms. The molecule has 3 heteroatoms. The summed E-state index contributed by atoms with van der Waals surface area (Å²) in [7, 11) is 0. The summed E-state index contributed by atoms with van der Waals surface area (Å²) in [6, 6.07) is 5.45. The molecule has 0 amide bonds. The first-order valence-corrected chi connectivity index (χ1v) is 4.54. The second kappa shape index (κ2) is 2.74. The number of rotatable bonds is 1. The molecule has 0 bridgehead atoms. The van der Waals surface area contributed by atoms with Crippen molar-refractivity contribution in [1.29, 1.82) is 0 Å². The number of H-pyrrole nitrogens is 1. The lowest BCUT2D eigenvalue weighted by Crippen LogP contribution is -2.07. The number of nitrogens with one attached hydrogen (secondary N) is 1. The van der Waals surface area contributed by atoms with E-state index in [0.29, 0.717) is 11.3 Å². The molecule has 2 rings (SSSR count). The maximum Gasteiger partial charge on any atom is 0.132 e. The molecule has 0 atom stereocenters. The Morgan fingerprint density at radius 3 is 2.71 bits per heavy atom. The number of anilines is 1. The fraction of sp³-hybridized carbons (Fsp3) is 0.273. The maximum atomic E-state index is 13.8. The van der Waals surface area contributed by atoms with Crippen molar-refractivity contribution < 1.29 is 4.39 Å². The molecule has 1 aromatic carbocycles. The summed E-state index contributed by atoms with van der Waals surface area (Å²) < 4.78 is 13.8. The van der Waals surface area contributed by atoms with Gasteiger partial charge < -0.3 is 10.7 Å². The molecule has 0 radical (unpaired) electrons. The van der Waals surface area contributed by atoms with Crippen molar-refractivity contribution >= 4 is 16.6 Å². The highest BCUT2D eigenvalue weighted by atomic mass is 19.1. The second-order valence-corrected chi connectivity index (χ2v) is 3.98. The van der Waals surface area contributed by atoms with Gasteiger partial charge >= 0.3 is 0 Å². The van der Waals surface area contributed by atoms with Gasteiger partial charge in [0.15, 0.2) is 0 Å². The normalized spacial score (nSPS) is 12.2. The number of benzene rings is 1. The summed E-state index contributed by atoms with van der Waals surface area (Å²) in [6.07, 6.45) is 1.70. The van der Waals surface area contributed by atoms with Crippen LogP contribution in [0.2, 0.25) is 0 Å². The highest BCUT2D eigenvalue weighted by Gasteiger charge is 2.22. The third-order valence-corrected chi connectivity index (χ3v) is 2.35. The van der Waals surface area contributed by atoms with Gasteiger partial charge in [-0.05, 0) is 32.0 Å². The SMILES string of the molecule is CC(C)(F)c1c[nH]c2ccc(N)cc12. The first kappa shape index (κ1) is 9.06. The maximum absolute atomic E-state index is 13.8. The van der Waals surface area contributed by atoms with Crippen LogP contribution in [0.4, 0.5) is 10.1 Å². The van der Waals surface area contributed by atoms with Gasteiger partial charge in [-0.1, -0.05) is 0 Å². The molecular formula is C11H13FN2. The molecule has 0 aliphatic carbocycles. The molecule has 0 aliphatic rings. The molecule has 2 aromatic rings. The van der Waals surface area contributed by atoms with Gasteiger partial charge in [0.2, 0.25) is 0 Å². The van der Waals surface area contributed by atoms with Crippen LogP contribution < -0.4 is 5.73 Å². The van der Waals surface area contributed by atoms with E-state index >= 15 is 0 Å². The monoisotopic (exact) mass is 192 g/mol. The topological polar surface area (TPSA) is 41.8 Å². The third-order valence-electron chi connectivity index (χ3n) is 2.35. The first-order valence-electron chi connectivity index (χ1n) is 4.54. The van der Waals surface area contributed by atoms with Crippen LogP contribution in [0.25, 0.3) is 10.9 Å². The van der Waals surface area contributed by atoms with Gasteiger partial charge in [0, 0.05) is 28.4 Å². The Hall–Kier alpha value is -1.51. The van der Waals surface area contributed by atoms with Crippen LogP contribution in [0.3, 0.4) is 0 Å². The Labute approximate surface area is 81.9 Å². The lowest BCUT2D eigenvalue weighted by atomic mass is 9.99. The Morgan fingerprint density at radius 1 is 1.36 bits per heavy atom. The number of halogens is 1. The Kier molecular flexibility index (Phi) is 1.77. The van der Waals surface area contributed by atoms with Gasteiger partial charge in [-0.25, -0.2) is 4.39 Å². The average Bonchev–Trinajstić information content (AvgIpc) is 2.45. The predicted molar refractivity (Wildman–Crippen MR) is 56.8 cm³/mol. The molecule has 0 aliphatic heterocycles. The van der Waals surface area contributed by atoms with E-state index in [2.05, 4.69) is 4.98 Å². The molecule has 0 saturated heterocycles. The predicted octanol–water partition coefficient (Wildman–Crippen LogP) is 2.95. The van der Waals surface area contributed by atoms with Crippen LogP contribution >= 0.6 is 0 Å². The van der Waals surface area contributed by atoms with Crippen molar-refractivity contribution in [3.05, 3.63) is 30.0 Å². The zero-order valence-electron chi connectivity index (χ0n) is 8.26. The van der Waals surface area contributed by atoms with Crippen LogP contribution in [0.5, 0.6) is 0 Å². The molecule has 0 fully saturated rings. The number of aromatic amines is 1. The Bertz CT molecular complexity index is 466. The van der Waals surface area contributed by atoms with Crippen LogP contribution in [0, 0.1) is 0 Å². The number of aromatic nitrogens is 1. The van der Waals surface area contributed by atoms with Gasteiger partial charge in [-0.3, -0.25) is 0 Å². The van der Waals surface area contributed by atoms with Crippen molar-refractivity contribution in [3.63, 3.8) is 0 Å². The molecule has 0 unspecified atom stereocenters. The fourth-order valence-electron chi connectivity index (χ4n) is 1.63. The first-order chi connectivity index (χ1) is 6.48. The molecule has 74 valence electrons. The van der Waals surface area contributed by atoms with Gasteiger partial charge in [-0.15, -0.1) is 0 Å². The van der Waals surface area contributed by atoms with Crippen LogP contribution in [-0.4, -0.2) is 4.98 Å². The Balaban J connectivity index is 2.73. The minimum Gasteiger partial charge on any atom is -0.399 e. The highest BCUT2D eigenvalue weighted by molar-refractivity contribution is 5.86.